The van der Waals surface area contributed by atoms with Crippen LogP contribution >= 0.6 is 0 Å². The number of carbonyl (C=O) groups excluding carboxylic acids is 2. The van der Waals surface area contributed by atoms with Crippen LogP contribution in [0.1, 0.15) is 23.7 Å². The molecule has 3 aromatic heterocycles. The molecule has 0 aliphatic carbocycles. The first-order valence-corrected chi connectivity index (χ1v) is 11.0. The molecule has 0 bridgehead atoms. The lowest BCUT2D eigenvalue weighted by Gasteiger charge is -2.35. The van der Waals surface area contributed by atoms with E-state index in [1.54, 1.807) is 25.5 Å². The molecule has 0 atom stereocenters. The molecule has 4 heterocycles. The Balaban J connectivity index is 1.34. The normalized spacial score (nSPS) is 13.7. The third kappa shape index (κ3) is 5.52. The molecule has 8 nitrogen and oxygen atoms in total. The smallest absolute Gasteiger partial charge is 0.230 e. The van der Waals surface area contributed by atoms with Gasteiger partial charge < -0.3 is 15.1 Å². The van der Waals surface area contributed by atoms with E-state index in [1.165, 1.54) is 0 Å². The van der Waals surface area contributed by atoms with E-state index in [-0.39, 0.29) is 18.2 Å². The zero-order valence-electron chi connectivity index (χ0n) is 19.2. The van der Waals surface area contributed by atoms with E-state index in [9.17, 15) is 9.59 Å². The van der Waals surface area contributed by atoms with E-state index in [0.29, 0.717) is 18.9 Å². The summed E-state index contributed by atoms with van der Waals surface area (Å²) in [5, 5.41) is 2.86. The van der Waals surface area contributed by atoms with Gasteiger partial charge in [-0.05, 0) is 49.2 Å². The second kappa shape index (κ2) is 9.77. The number of hydrogen-bond donors (Lipinski definition) is 1. The van der Waals surface area contributed by atoms with E-state index in [0.717, 1.165) is 46.9 Å². The van der Waals surface area contributed by atoms with Crippen LogP contribution in [0.4, 0.5) is 11.5 Å². The van der Waals surface area contributed by atoms with Crippen molar-refractivity contribution in [2.45, 2.75) is 27.2 Å². The van der Waals surface area contributed by atoms with Gasteiger partial charge in [0.05, 0.1) is 24.0 Å². The van der Waals surface area contributed by atoms with Crippen molar-refractivity contribution in [3.63, 3.8) is 0 Å². The van der Waals surface area contributed by atoms with Crippen LogP contribution in [0.3, 0.4) is 0 Å². The molecule has 1 fully saturated rings. The third-order valence-corrected chi connectivity index (χ3v) is 5.78. The van der Waals surface area contributed by atoms with Crippen LogP contribution in [0.2, 0.25) is 0 Å². The molecule has 2 amide bonds. The predicted octanol–water partition coefficient (Wildman–Crippen LogP) is 3.01. The number of aromatic nitrogens is 3. The molecule has 8 heteroatoms. The summed E-state index contributed by atoms with van der Waals surface area (Å²) in [7, 11) is 0. The van der Waals surface area contributed by atoms with Crippen molar-refractivity contribution in [3.05, 3.63) is 65.7 Å². The van der Waals surface area contributed by atoms with Crippen LogP contribution in [0, 0.1) is 13.8 Å². The SMILES string of the molecule is CC(=O)N1CCN(c2ccc(NC(=O)Cc3cnc(-c4ccnc(C)c4)c(C)c3)nc2)CC1. The molecule has 1 aliphatic rings. The fourth-order valence-corrected chi connectivity index (χ4v) is 4.02. The summed E-state index contributed by atoms with van der Waals surface area (Å²) in [5.41, 5.74) is 5.69. The Morgan fingerprint density at radius 2 is 1.76 bits per heavy atom. The summed E-state index contributed by atoms with van der Waals surface area (Å²) in [5.74, 6) is 0.483. The zero-order valence-corrected chi connectivity index (χ0v) is 19.2. The van der Waals surface area contributed by atoms with E-state index in [4.69, 9.17) is 0 Å². The minimum atomic E-state index is -0.140. The van der Waals surface area contributed by atoms with Crippen LogP contribution in [-0.2, 0) is 16.0 Å². The molecule has 170 valence electrons. The van der Waals surface area contributed by atoms with E-state index in [2.05, 4.69) is 25.2 Å². The van der Waals surface area contributed by atoms with E-state index >= 15 is 0 Å². The third-order valence-electron chi connectivity index (χ3n) is 5.78. The number of amides is 2. The highest BCUT2D eigenvalue weighted by molar-refractivity contribution is 5.91. The number of pyridine rings is 3. The highest BCUT2D eigenvalue weighted by Crippen LogP contribution is 2.22. The molecular formula is C25H28N6O2. The Hall–Kier alpha value is -3.81. The van der Waals surface area contributed by atoms with Gasteiger partial charge in [-0.15, -0.1) is 0 Å². The van der Waals surface area contributed by atoms with Crippen molar-refractivity contribution in [3.8, 4) is 11.3 Å². The first-order chi connectivity index (χ1) is 15.9. The topological polar surface area (TPSA) is 91.3 Å². The average molecular weight is 445 g/mol. The fraction of sp³-hybridized carbons (Fsp3) is 0.320. The second-order valence-electron chi connectivity index (χ2n) is 8.31. The summed E-state index contributed by atoms with van der Waals surface area (Å²) in [6.07, 6.45) is 5.50. The van der Waals surface area contributed by atoms with Crippen LogP contribution in [0.5, 0.6) is 0 Å². The monoisotopic (exact) mass is 444 g/mol. The Morgan fingerprint density at radius 3 is 2.39 bits per heavy atom. The largest absolute Gasteiger partial charge is 0.367 e. The number of carbonyl (C=O) groups is 2. The van der Waals surface area contributed by atoms with Crippen molar-refractivity contribution < 1.29 is 9.59 Å². The molecule has 1 aliphatic heterocycles. The fourth-order valence-electron chi connectivity index (χ4n) is 4.02. The summed E-state index contributed by atoms with van der Waals surface area (Å²) >= 11 is 0. The molecule has 0 radical (unpaired) electrons. The number of aryl methyl sites for hydroxylation is 2. The number of piperazine rings is 1. The summed E-state index contributed by atoms with van der Waals surface area (Å²) in [4.78, 5) is 41.3. The number of nitrogens with zero attached hydrogens (tertiary/aromatic N) is 5. The van der Waals surface area contributed by atoms with Crippen LogP contribution in [0.25, 0.3) is 11.3 Å². The quantitative estimate of drug-likeness (QED) is 0.651. The number of rotatable bonds is 5. The maximum absolute atomic E-state index is 12.5. The van der Waals surface area contributed by atoms with Gasteiger partial charge in [0.1, 0.15) is 5.82 Å². The predicted molar refractivity (Wildman–Crippen MR) is 128 cm³/mol. The zero-order chi connectivity index (χ0) is 23.4. The maximum atomic E-state index is 12.5. The van der Waals surface area contributed by atoms with Gasteiger partial charge in [-0.3, -0.25) is 19.6 Å². The van der Waals surface area contributed by atoms with Crippen molar-refractivity contribution >= 4 is 23.3 Å². The van der Waals surface area contributed by atoms with Gasteiger partial charge in [-0.1, -0.05) is 6.07 Å². The van der Waals surface area contributed by atoms with Gasteiger partial charge in [0, 0.05) is 56.8 Å². The van der Waals surface area contributed by atoms with Crippen LogP contribution in [0.15, 0.2) is 48.9 Å². The molecule has 1 N–H and O–H groups in total. The molecule has 33 heavy (non-hydrogen) atoms. The van der Waals surface area contributed by atoms with Crippen molar-refractivity contribution in [2.75, 3.05) is 36.4 Å². The Kier molecular flexibility index (Phi) is 6.63. The first kappa shape index (κ1) is 22.4. The van der Waals surface area contributed by atoms with Gasteiger partial charge in [-0.2, -0.15) is 0 Å². The molecular weight excluding hydrogens is 416 g/mol. The van der Waals surface area contributed by atoms with Crippen molar-refractivity contribution in [1.29, 1.82) is 0 Å². The first-order valence-electron chi connectivity index (χ1n) is 11.0. The minimum absolute atomic E-state index is 0.110. The Bertz CT molecular complexity index is 1150. The van der Waals surface area contributed by atoms with Crippen molar-refractivity contribution in [2.24, 2.45) is 0 Å². The van der Waals surface area contributed by atoms with Crippen molar-refractivity contribution in [1.82, 2.24) is 19.9 Å². The van der Waals surface area contributed by atoms with Crippen LogP contribution < -0.4 is 10.2 Å². The molecule has 0 saturated carbocycles. The average Bonchev–Trinajstić information content (AvgIpc) is 2.79. The van der Waals surface area contributed by atoms with Gasteiger partial charge in [0.15, 0.2) is 0 Å². The number of nitrogens with one attached hydrogen (secondary N) is 1. The number of hydrogen-bond acceptors (Lipinski definition) is 6. The van der Waals surface area contributed by atoms with E-state index in [1.807, 2.05) is 49.1 Å². The summed E-state index contributed by atoms with van der Waals surface area (Å²) in [6.45, 7) is 8.51. The molecule has 0 aromatic carbocycles. The highest BCUT2D eigenvalue weighted by Gasteiger charge is 2.19. The van der Waals surface area contributed by atoms with Gasteiger partial charge in [0.2, 0.25) is 11.8 Å². The minimum Gasteiger partial charge on any atom is -0.367 e. The number of anilines is 2. The molecule has 0 spiro atoms. The lowest BCUT2D eigenvalue weighted by atomic mass is 10.0. The van der Waals surface area contributed by atoms with Gasteiger partial charge in [-0.25, -0.2) is 4.98 Å². The molecule has 1 saturated heterocycles. The van der Waals surface area contributed by atoms with E-state index < -0.39 is 0 Å². The lowest BCUT2D eigenvalue weighted by Crippen LogP contribution is -2.48. The summed E-state index contributed by atoms with van der Waals surface area (Å²) in [6, 6.07) is 9.69. The second-order valence-corrected chi connectivity index (χ2v) is 8.31. The molecule has 0 unspecified atom stereocenters. The molecule has 3 aromatic rings. The van der Waals surface area contributed by atoms with Crippen LogP contribution in [-0.4, -0.2) is 57.8 Å². The Morgan fingerprint density at radius 1 is 0.970 bits per heavy atom. The molecule has 4 rings (SSSR count). The lowest BCUT2D eigenvalue weighted by molar-refractivity contribution is -0.129. The van der Waals surface area contributed by atoms with Gasteiger partial charge in [0.25, 0.3) is 0 Å². The summed E-state index contributed by atoms with van der Waals surface area (Å²) < 4.78 is 0. The Labute approximate surface area is 193 Å². The maximum Gasteiger partial charge on any atom is 0.230 e. The highest BCUT2D eigenvalue weighted by atomic mass is 16.2. The standard InChI is InChI=1S/C25H28N6O2/c1-17-12-20(15-28-25(17)21-6-7-26-18(2)13-21)14-24(33)29-23-5-4-22(16-27-23)31-10-8-30(9-11-31)19(3)32/h4-7,12-13,15-16H,8-11,14H2,1-3H3,(H,27,29,33). The van der Waals surface area contributed by atoms with Gasteiger partial charge >= 0.3 is 0 Å².